The lowest BCUT2D eigenvalue weighted by molar-refractivity contribution is 0.152. The van der Waals surface area contributed by atoms with Crippen molar-refractivity contribution in [1.29, 1.82) is 0 Å². The summed E-state index contributed by atoms with van der Waals surface area (Å²) < 4.78 is 6.06. The summed E-state index contributed by atoms with van der Waals surface area (Å²) in [6, 6.07) is -0.254. The molecule has 3 nitrogen and oxygen atoms in total. The molecule has 0 saturated heterocycles. The van der Waals surface area contributed by atoms with E-state index in [1.54, 1.807) is 0 Å². The van der Waals surface area contributed by atoms with Crippen LogP contribution in [-0.4, -0.2) is 32.2 Å². The molecule has 19 heavy (non-hydrogen) atoms. The Kier molecular flexibility index (Phi) is 6.96. The van der Waals surface area contributed by atoms with Gasteiger partial charge in [0.2, 0.25) is 0 Å². The van der Waals surface area contributed by atoms with Gasteiger partial charge in [-0.15, -0.1) is 0 Å². The summed E-state index contributed by atoms with van der Waals surface area (Å²) in [5, 5.41) is 10.3. The minimum atomic E-state index is -1.79. The SMILES string of the molecule is C=C(CO[Si](C)(C)C(C)(C)C)C(O)C(N)CC(C)C. The molecule has 0 rings (SSSR count). The molecule has 2 atom stereocenters. The van der Waals surface area contributed by atoms with Gasteiger partial charge in [0.05, 0.1) is 12.7 Å². The van der Waals surface area contributed by atoms with E-state index in [1.807, 2.05) is 0 Å². The Morgan fingerprint density at radius 3 is 2.16 bits per heavy atom. The molecule has 0 aromatic carbocycles. The smallest absolute Gasteiger partial charge is 0.192 e. The zero-order valence-electron chi connectivity index (χ0n) is 13.8. The van der Waals surface area contributed by atoms with Gasteiger partial charge in [0.25, 0.3) is 0 Å². The van der Waals surface area contributed by atoms with Crippen LogP contribution >= 0.6 is 0 Å². The summed E-state index contributed by atoms with van der Waals surface area (Å²) in [5.74, 6) is 0.471. The van der Waals surface area contributed by atoms with Crippen LogP contribution < -0.4 is 5.73 Å². The van der Waals surface area contributed by atoms with E-state index in [1.165, 1.54) is 0 Å². The van der Waals surface area contributed by atoms with Crippen molar-refractivity contribution < 1.29 is 9.53 Å². The van der Waals surface area contributed by atoms with Crippen molar-refractivity contribution >= 4 is 8.32 Å². The highest BCUT2D eigenvalue weighted by Gasteiger charge is 2.37. The Morgan fingerprint density at radius 2 is 1.79 bits per heavy atom. The number of aliphatic hydroxyl groups excluding tert-OH is 1. The summed E-state index contributed by atoms with van der Waals surface area (Å²) >= 11 is 0. The van der Waals surface area contributed by atoms with Crippen molar-refractivity contribution in [1.82, 2.24) is 0 Å². The zero-order chi connectivity index (χ0) is 15.4. The second-order valence-corrected chi connectivity index (χ2v) is 12.3. The van der Waals surface area contributed by atoms with Crippen molar-refractivity contribution in [3.8, 4) is 0 Å². The molecule has 0 saturated carbocycles. The van der Waals surface area contributed by atoms with Gasteiger partial charge in [0.15, 0.2) is 8.32 Å². The van der Waals surface area contributed by atoms with E-state index >= 15 is 0 Å². The molecule has 0 heterocycles. The molecule has 0 aliphatic carbocycles. The van der Waals surface area contributed by atoms with E-state index in [-0.39, 0.29) is 11.1 Å². The maximum Gasteiger partial charge on any atom is 0.192 e. The van der Waals surface area contributed by atoms with E-state index in [0.717, 1.165) is 6.42 Å². The normalized spacial score (nSPS) is 16.5. The maximum atomic E-state index is 10.1. The van der Waals surface area contributed by atoms with Crippen LogP contribution in [0.4, 0.5) is 0 Å². The van der Waals surface area contributed by atoms with E-state index < -0.39 is 14.4 Å². The Bertz CT molecular complexity index is 295. The van der Waals surface area contributed by atoms with Gasteiger partial charge in [0.1, 0.15) is 0 Å². The summed E-state index contributed by atoms with van der Waals surface area (Å²) in [4.78, 5) is 0. The van der Waals surface area contributed by atoms with Crippen LogP contribution in [0, 0.1) is 5.92 Å². The van der Waals surface area contributed by atoms with Gasteiger partial charge in [-0.1, -0.05) is 41.2 Å². The molecule has 4 heteroatoms. The Labute approximate surface area is 120 Å². The molecule has 0 aliphatic rings. The Balaban J connectivity index is 4.40. The number of nitrogens with two attached hydrogens (primary N) is 1. The lowest BCUT2D eigenvalue weighted by Crippen LogP contribution is -2.43. The van der Waals surface area contributed by atoms with E-state index in [4.69, 9.17) is 10.2 Å². The quantitative estimate of drug-likeness (QED) is 0.558. The molecule has 0 bridgehead atoms. The third-order valence-corrected chi connectivity index (χ3v) is 8.47. The first kappa shape index (κ1) is 18.8. The first-order valence-corrected chi connectivity index (χ1v) is 10.0. The highest BCUT2D eigenvalue weighted by Crippen LogP contribution is 2.36. The molecule has 0 aromatic heterocycles. The van der Waals surface area contributed by atoms with Crippen molar-refractivity contribution in [3.05, 3.63) is 12.2 Å². The van der Waals surface area contributed by atoms with Crippen LogP contribution in [0.5, 0.6) is 0 Å². The molecule has 0 radical (unpaired) electrons. The third-order valence-electron chi connectivity index (χ3n) is 3.99. The lowest BCUT2D eigenvalue weighted by Gasteiger charge is -2.37. The van der Waals surface area contributed by atoms with Crippen LogP contribution in [0.2, 0.25) is 18.1 Å². The molecular formula is C15H33NO2Si. The van der Waals surface area contributed by atoms with E-state index in [2.05, 4.69) is 54.3 Å². The highest BCUT2D eigenvalue weighted by atomic mass is 28.4. The van der Waals surface area contributed by atoms with Crippen LogP contribution in [0.3, 0.4) is 0 Å². The van der Waals surface area contributed by atoms with Gasteiger partial charge < -0.3 is 15.3 Å². The van der Waals surface area contributed by atoms with Gasteiger partial charge in [-0.2, -0.15) is 0 Å². The maximum absolute atomic E-state index is 10.1. The van der Waals surface area contributed by atoms with Crippen molar-refractivity contribution in [3.63, 3.8) is 0 Å². The van der Waals surface area contributed by atoms with Gasteiger partial charge in [-0.05, 0) is 36.0 Å². The predicted molar refractivity (Wildman–Crippen MR) is 85.7 cm³/mol. The van der Waals surface area contributed by atoms with Crippen molar-refractivity contribution in [2.24, 2.45) is 11.7 Å². The predicted octanol–water partition coefficient (Wildman–Crippen LogP) is 3.30. The third kappa shape index (κ3) is 6.21. The summed E-state index contributed by atoms with van der Waals surface area (Å²) in [6.07, 6.45) is 0.118. The van der Waals surface area contributed by atoms with Crippen LogP contribution in [0.15, 0.2) is 12.2 Å². The van der Waals surface area contributed by atoms with Crippen molar-refractivity contribution in [2.45, 2.75) is 71.3 Å². The molecule has 114 valence electrons. The molecule has 2 unspecified atom stereocenters. The van der Waals surface area contributed by atoms with Gasteiger partial charge in [-0.3, -0.25) is 0 Å². The van der Waals surface area contributed by atoms with Crippen LogP contribution in [0.1, 0.15) is 41.0 Å². The molecule has 0 fully saturated rings. The fraction of sp³-hybridized carbons (Fsp3) is 0.867. The first-order chi connectivity index (χ1) is 8.38. The molecular weight excluding hydrogens is 254 g/mol. The number of rotatable bonds is 7. The fourth-order valence-corrected chi connectivity index (χ4v) is 2.53. The topological polar surface area (TPSA) is 55.5 Å². The molecule has 0 amide bonds. The number of hydrogen-bond acceptors (Lipinski definition) is 3. The minimum absolute atomic E-state index is 0.165. The Hall–Kier alpha value is -0.163. The summed E-state index contributed by atoms with van der Waals surface area (Å²) in [6.45, 7) is 19.5. The van der Waals surface area contributed by atoms with Crippen LogP contribution in [0.25, 0.3) is 0 Å². The van der Waals surface area contributed by atoms with E-state index in [0.29, 0.717) is 18.1 Å². The number of aliphatic hydroxyl groups is 1. The Morgan fingerprint density at radius 1 is 1.32 bits per heavy atom. The van der Waals surface area contributed by atoms with E-state index in [9.17, 15) is 5.11 Å². The summed E-state index contributed by atoms with van der Waals surface area (Å²) in [5.41, 5.74) is 6.68. The average Bonchev–Trinajstić information content (AvgIpc) is 2.22. The second-order valence-electron chi connectivity index (χ2n) is 7.45. The highest BCUT2D eigenvalue weighted by molar-refractivity contribution is 6.74. The van der Waals surface area contributed by atoms with Crippen molar-refractivity contribution in [2.75, 3.05) is 6.61 Å². The minimum Gasteiger partial charge on any atom is -0.413 e. The van der Waals surface area contributed by atoms with Gasteiger partial charge >= 0.3 is 0 Å². The zero-order valence-corrected chi connectivity index (χ0v) is 14.8. The van der Waals surface area contributed by atoms with Gasteiger partial charge in [-0.25, -0.2) is 0 Å². The molecule has 0 spiro atoms. The van der Waals surface area contributed by atoms with Crippen LogP contribution in [-0.2, 0) is 4.43 Å². The second kappa shape index (κ2) is 7.02. The fourth-order valence-electron chi connectivity index (χ4n) is 1.55. The molecule has 0 aromatic rings. The lowest BCUT2D eigenvalue weighted by atomic mass is 9.96. The molecule has 0 aliphatic heterocycles. The number of hydrogen-bond donors (Lipinski definition) is 2. The standard InChI is InChI=1S/C15H33NO2Si/c1-11(2)9-13(16)14(17)12(3)10-18-19(7,8)15(4,5)6/h11,13-14,17H,3,9-10,16H2,1-2,4-8H3. The largest absolute Gasteiger partial charge is 0.413 e. The van der Waals surface area contributed by atoms with Gasteiger partial charge in [0, 0.05) is 6.04 Å². The monoisotopic (exact) mass is 287 g/mol. The molecule has 3 N–H and O–H groups in total. The average molecular weight is 288 g/mol. The summed E-state index contributed by atoms with van der Waals surface area (Å²) in [7, 11) is -1.79. The first-order valence-electron chi connectivity index (χ1n) is 7.13.